The summed E-state index contributed by atoms with van der Waals surface area (Å²) in [4.78, 5) is 42.6. The first-order valence-corrected chi connectivity index (χ1v) is 12.0. The van der Waals surface area contributed by atoms with Gasteiger partial charge in [0.1, 0.15) is 0 Å². The van der Waals surface area contributed by atoms with Crippen LogP contribution in [0, 0.1) is 11.8 Å². The van der Waals surface area contributed by atoms with Crippen molar-refractivity contribution in [3.8, 4) is 0 Å². The molecule has 8 heteroatoms. The Morgan fingerprint density at radius 3 is 2.39 bits per heavy atom. The van der Waals surface area contributed by atoms with Crippen LogP contribution in [0.15, 0.2) is 46.8 Å². The van der Waals surface area contributed by atoms with Crippen LogP contribution in [0.3, 0.4) is 0 Å². The molecule has 158 valence electrons. The van der Waals surface area contributed by atoms with E-state index in [0.717, 1.165) is 45.8 Å². The summed E-state index contributed by atoms with van der Waals surface area (Å²) in [5.74, 6) is -0.968. The molecule has 1 aliphatic carbocycles. The number of aromatic carboxylic acids is 1. The molecule has 6 nitrogen and oxygen atoms in total. The molecule has 2 aliphatic rings. The number of carboxylic acid groups (broad SMARTS) is 1. The number of fused-ring (bicyclic) bond motifs is 2. The Morgan fingerprint density at radius 2 is 1.74 bits per heavy atom. The molecular weight excluding hydrogens is 432 g/mol. The van der Waals surface area contributed by atoms with Gasteiger partial charge < -0.3 is 9.90 Å². The molecule has 2 fully saturated rings. The van der Waals surface area contributed by atoms with E-state index in [0.29, 0.717) is 11.4 Å². The number of hydrogen-bond donors (Lipinski definition) is 0. The van der Waals surface area contributed by atoms with E-state index in [-0.39, 0.29) is 29.2 Å². The van der Waals surface area contributed by atoms with Gasteiger partial charge in [-0.2, -0.15) is 0 Å². The van der Waals surface area contributed by atoms with Gasteiger partial charge in [0.15, 0.2) is 4.34 Å². The van der Waals surface area contributed by atoms with Gasteiger partial charge in [0.2, 0.25) is 11.8 Å². The molecule has 0 N–H and O–H groups in total. The number of carbonyl (C=O) groups is 3. The molecule has 0 unspecified atom stereocenters. The highest BCUT2D eigenvalue weighted by Crippen LogP contribution is 2.41. The summed E-state index contributed by atoms with van der Waals surface area (Å²) in [5, 5.41) is 10.9. The van der Waals surface area contributed by atoms with Crippen LogP contribution in [0.5, 0.6) is 0 Å². The third-order valence-electron chi connectivity index (χ3n) is 6.00. The number of thiazole rings is 1. The highest BCUT2D eigenvalue weighted by molar-refractivity contribution is 8.00. The lowest BCUT2D eigenvalue weighted by Crippen LogP contribution is -2.30. The summed E-state index contributed by atoms with van der Waals surface area (Å²) >= 11 is 3.09. The van der Waals surface area contributed by atoms with Crippen LogP contribution < -0.4 is 10.0 Å². The summed E-state index contributed by atoms with van der Waals surface area (Å²) in [6.45, 7) is 0. The molecule has 1 aromatic heterocycles. The van der Waals surface area contributed by atoms with Crippen LogP contribution in [0.25, 0.3) is 10.2 Å². The number of carboxylic acids is 1. The topological polar surface area (TPSA) is 90.4 Å². The van der Waals surface area contributed by atoms with Gasteiger partial charge in [-0.1, -0.05) is 48.9 Å². The van der Waals surface area contributed by atoms with Crippen molar-refractivity contribution in [2.45, 2.75) is 35.8 Å². The van der Waals surface area contributed by atoms with E-state index in [1.54, 1.807) is 23.9 Å². The Morgan fingerprint density at radius 1 is 1.06 bits per heavy atom. The van der Waals surface area contributed by atoms with Gasteiger partial charge in [-0.25, -0.2) is 4.98 Å². The van der Waals surface area contributed by atoms with Crippen LogP contribution in [-0.4, -0.2) is 22.8 Å². The van der Waals surface area contributed by atoms with Gasteiger partial charge in [-0.15, -0.1) is 11.3 Å². The van der Waals surface area contributed by atoms with Crippen molar-refractivity contribution in [2.75, 3.05) is 4.90 Å². The highest BCUT2D eigenvalue weighted by atomic mass is 32.2. The number of thioether (sulfide) groups is 1. The number of benzene rings is 2. The Labute approximate surface area is 187 Å². The summed E-state index contributed by atoms with van der Waals surface area (Å²) in [5.41, 5.74) is 2.62. The first kappa shape index (κ1) is 20.2. The first-order valence-electron chi connectivity index (χ1n) is 10.2. The predicted molar refractivity (Wildman–Crippen MR) is 118 cm³/mol. The van der Waals surface area contributed by atoms with Crippen molar-refractivity contribution in [1.29, 1.82) is 0 Å². The van der Waals surface area contributed by atoms with Crippen molar-refractivity contribution in [3.05, 3.63) is 53.6 Å². The molecule has 1 aliphatic heterocycles. The van der Waals surface area contributed by atoms with Gasteiger partial charge in [-0.05, 0) is 42.2 Å². The number of aromatic nitrogens is 1. The zero-order chi connectivity index (χ0) is 21.5. The third kappa shape index (κ3) is 3.74. The number of anilines is 1. The lowest BCUT2D eigenvalue weighted by atomic mass is 9.81. The van der Waals surface area contributed by atoms with Gasteiger partial charge in [-0.3, -0.25) is 14.5 Å². The minimum Gasteiger partial charge on any atom is -0.545 e. The van der Waals surface area contributed by atoms with Gasteiger partial charge in [0, 0.05) is 5.75 Å². The summed E-state index contributed by atoms with van der Waals surface area (Å²) in [6.07, 6.45) is 3.63. The van der Waals surface area contributed by atoms with Gasteiger partial charge in [0.25, 0.3) is 0 Å². The molecule has 2 heterocycles. The Hall–Kier alpha value is -2.71. The van der Waals surface area contributed by atoms with E-state index < -0.39 is 5.97 Å². The fraction of sp³-hybridized carbons (Fsp3) is 0.304. The standard InChI is InChI=1S/C23H20N2O4S2/c26-20-16-3-1-2-4-17(16)21(27)25(20)15-9-10-18-19(11-15)31-23(24-18)30-12-13-5-7-14(8-6-13)22(28)29/h5-11,16-17H,1-4,12H2,(H,28,29)/p-1/t16-,17-/m0/s1. The second-order valence-electron chi connectivity index (χ2n) is 7.91. The molecule has 2 amide bonds. The van der Waals surface area contributed by atoms with E-state index in [1.807, 2.05) is 18.2 Å². The minimum atomic E-state index is -1.18. The fourth-order valence-corrected chi connectivity index (χ4v) is 6.45. The molecule has 5 rings (SSSR count). The van der Waals surface area contributed by atoms with Crippen molar-refractivity contribution in [1.82, 2.24) is 4.98 Å². The Balaban J connectivity index is 1.34. The first-order chi connectivity index (χ1) is 15.0. The van der Waals surface area contributed by atoms with Gasteiger partial charge in [0.05, 0.1) is 33.7 Å². The highest BCUT2D eigenvalue weighted by Gasteiger charge is 2.48. The SMILES string of the molecule is O=C([O-])c1ccc(CSc2nc3ccc(N4C(=O)[C@H]5CCCC[C@@H]5C4=O)cc3s2)cc1. The van der Waals surface area contributed by atoms with Crippen LogP contribution >= 0.6 is 23.1 Å². The zero-order valence-electron chi connectivity index (χ0n) is 16.6. The Bertz CT molecular complexity index is 1160. The number of nitrogens with zero attached hydrogens (tertiary/aromatic N) is 2. The second kappa shape index (κ2) is 8.09. The van der Waals surface area contributed by atoms with E-state index in [9.17, 15) is 19.5 Å². The molecule has 0 bridgehead atoms. The van der Waals surface area contributed by atoms with E-state index >= 15 is 0 Å². The van der Waals surface area contributed by atoms with Crippen molar-refractivity contribution >= 4 is 56.8 Å². The maximum Gasteiger partial charge on any atom is 0.237 e. The third-order valence-corrected chi connectivity index (χ3v) is 8.24. The molecule has 2 aromatic carbocycles. The second-order valence-corrected chi connectivity index (χ2v) is 10.2. The number of imide groups is 1. The molecule has 2 atom stereocenters. The van der Waals surface area contributed by atoms with E-state index in [4.69, 9.17) is 0 Å². The zero-order valence-corrected chi connectivity index (χ0v) is 18.2. The number of rotatable bonds is 5. The van der Waals surface area contributed by atoms with Crippen molar-refractivity contribution < 1.29 is 19.5 Å². The minimum absolute atomic E-state index is 0.0619. The molecule has 1 saturated heterocycles. The van der Waals surface area contributed by atoms with Crippen LogP contribution in [0.4, 0.5) is 5.69 Å². The average molecular weight is 452 g/mol. The monoisotopic (exact) mass is 451 g/mol. The predicted octanol–water partition coefficient (Wildman–Crippen LogP) is 3.63. The molecule has 1 saturated carbocycles. The van der Waals surface area contributed by atoms with Crippen molar-refractivity contribution in [2.24, 2.45) is 11.8 Å². The summed E-state index contributed by atoms with van der Waals surface area (Å²) in [6, 6.07) is 12.2. The smallest absolute Gasteiger partial charge is 0.237 e. The molecule has 0 spiro atoms. The van der Waals surface area contributed by atoms with E-state index in [2.05, 4.69) is 4.98 Å². The lowest BCUT2D eigenvalue weighted by molar-refractivity contribution is -0.255. The number of carbonyl (C=O) groups excluding carboxylic acids is 3. The average Bonchev–Trinajstić information content (AvgIpc) is 3.30. The molecule has 3 aromatic rings. The van der Waals surface area contributed by atoms with Crippen LogP contribution in [0.1, 0.15) is 41.6 Å². The molecule has 31 heavy (non-hydrogen) atoms. The number of amides is 2. The normalized spacial score (nSPS) is 21.0. The van der Waals surface area contributed by atoms with Gasteiger partial charge >= 0.3 is 0 Å². The van der Waals surface area contributed by atoms with Crippen molar-refractivity contribution in [3.63, 3.8) is 0 Å². The summed E-state index contributed by atoms with van der Waals surface area (Å²) in [7, 11) is 0. The Kier molecular flexibility index (Phi) is 5.27. The lowest BCUT2D eigenvalue weighted by Gasteiger charge is -2.19. The maximum atomic E-state index is 12.9. The maximum absolute atomic E-state index is 12.9. The largest absolute Gasteiger partial charge is 0.545 e. The number of hydrogen-bond acceptors (Lipinski definition) is 7. The van der Waals surface area contributed by atoms with Crippen LogP contribution in [-0.2, 0) is 15.3 Å². The quantitative estimate of drug-likeness (QED) is 0.435. The van der Waals surface area contributed by atoms with Crippen LogP contribution in [0.2, 0.25) is 0 Å². The fourth-order valence-electron chi connectivity index (χ4n) is 4.39. The van der Waals surface area contributed by atoms with E-state index in [1.165, 1.54) is 28.4 Å². The molecule has 0 radical (unpaired) electrons. The summed E-state index contributed by atoms with van der Waals surface area (Å²) < 4.78 is 1.81. The molecular formula is C23H19N2O4S2-.